The van der Waals surface area contributed by atoms with E-state index in [1.165, 1.54) is 0 Å². The van der Waals surface area contributed by atoms with E-state index in [1.54, 1.807) is 0 Å². The molecule has 0 atom stereocenters. The lowest BCUT2D eigenvalue weighted by Gasteiger charge is -2.18. The Morgan fingerprint density at radius 1 is 1.30 bits per heavy atom. The van der Waals surface area contributed by atoms with Crippen molar-refractivity contribution in [1.82, 2.24) is 5.43 Å². The zero-order valence-corrected chi connectivity index (χ0v) is 12.7. The molecule has 1 aromatic carbocycles. The van der Waals surface area contributed by atoms with Crippen LogP contribution in [0.4, 0.5) is 4.79 Å². The predicted molar refractivity (Wildman–Crippen MR) is 80.1 cm³/mol. The summed E-state index contributed by atoms with van der Waals surface area (Å²) in [5, 5.41) is 4.90. The van der Waals surface area contributed by atoms with Crippen LogP contribution in [0.15, 0.2) is 29.4 Å². The topological polar surface area (TPSA) is 50.7 Å². The maximum Gasteiger partial charge on any atom is 0.428 e. The summed E-state index contributed by atoms with van der Waals surface area (Å²) in [7, 11) is 0. The molecule has 108 valence electrons. The molecule has 4 nitrogen and oxygen atoms in total. The van der Waals surface area contributed by atoms with Crippen LogP contribution < -0.4 is 5.43 Å². The van der Waals surface area contributed by atoms with Gasteiger partial charge in [-0.3, -0.25) is 0 Å². The molecule has 0 saturated heterocycles. The van der Waals surface area contributed by atoms with Crippen molar-refractivity contribution in [2.24, 2.45) is 11.0 Å². The van der Waals surface area contributed by atoms with Crippen molar-refractivity contribution in [3.8, 4) is 0 Å². The van der Waals surface area contributed by atoms with Crippen molar-refractivity contribution in [1.29, 1.82) is 0 Å². The Kier molecular flexibility index (Phi) is 4.33. The number of ether oxygens (including phenoxy) is 1. The van der Waals surface area contributed by atoms with Gasteiger partial charge in [0.2, 0.25) is 0 Å². The molecule has 2 rings (SSSR count). The van der Waals surface area contributed by atoms with Crippen molar-refractivity contribution in [3.63, 3.8) is 0 Å². The van der Waals surface area contributed by atoms with Gasteiger partial charge in [-0.1, -0.05) is 23.7 Å². The van der Waals surface area contributed by atoms with E-state index in [9.17, 15) is 4.79 Å². The number of nitrogens with zero attached hydrogens (tertiary/aromatic N) is 1. The molecular weight excluding hydrogens is 276 g/mol. The molecule has 20 heavy (non-hydrogen) atoms. The smallest absolute Gasteiger partial charge is 0.428 e. The van der Waals surface area contributed by atoms with E-state index in [1.807, 2.05) is 45.0 Å². The molecular formula is C15H19ClN2O2. The number of hydrogen-bond acceptors (Lipinski definition) is 3. The molecule has 1 N–H and O–H groups in total. The van der Waals surface area contributed by atoms with Gasteiger partial charge in [0.15, 0.2) is 0 Å². The zero-order chi connectivity index (χ0) is 14.8. The number of amides is 1. The third-order valence-electron chi connectivity index (χ3n) is 2.77. The minimum atomic E-state index is -0.537. The first-order valence-corrected chi connectivity index (χ1v) is 7.05. The van der Waals surface area contributed by atoms with E-state index in [0.717, 1.165) is 24.1 Å². The van der Waals surface area contributed by atoms with Crippen LogP contribution in [0.5, 0.6) is 0 Å². The van der Waals surface area contributed by atoms with E-state index >= 15 is 0 Å². The van der Waals surface area contributed by atoms with Gasteiger partial charge in [-0.15, -0.1) is 0 Å². The monoisotopic (exact) mass is 294 g/mol. The van der Waals surface area contributed by atoms with Crippen LogP contribution in [-0.4, -0.2) is 17.4 Å². The highest BCUT2D eigenvalue weighted by Crippen LogP contribution is 2.33. The zero-order valence-electron chi connectivity index (χ0n) is 11.9. The molecule has 0 aliphatic heterocycles. The number of nitrogens with one attached hydrogen (secondary N) is 1. The van der Waals surface area contributed by atoms with Crippen molar-refractivity contribution in [2.75, 3.05) is 0 Å². The first-order valence-electron chi connectivity index (χ1n) is 6.68. The highest BCUT2D eigenvalue weighted by atomic mass is 35.5. The SMILES string of the molecule is CC(C)(C)OC(=O)NN=C(c1ccc(Cl)cc1)C1CC1. The molecule has 0 radical (unpaired) electrons. The Labute approximate surface area is 124 Å². The third kappa shape index (κ3) is 4.53. The minimum Gasteiger partial charge on any atom is -0.443 e. The Morgan fingerprint density at radius 3 is 2.40 bits per heavy atom. The van der Waals surface area contributed by atoms with E-state index < -0.39 is 11.7 Å². The quantitative estimate of drug-likeness (QED) is 0.677. The molecule has 0 heterocycles. The van der Waals surface area contributed by atoms with Crippen LogP contribution >= 0.6 is 11.6 Å². The summed E-state index contributed by atoms with van der Waals surface area (Å²) in [6.45, 7) is 5.45. The average molecular weight is 295 g/mol. The summed E-state index contributed by atoms with van der Waals surface area (Å²) in [5.74, 6) is 0.408. The predicted octanol–water partition coefficient (Wildman–Crippen LogP) is 3.98. The Bertz CT molecular complexity index is 514. The second-order valence-corrected chi connectivity index (χ2v) is 6.33. The summed E-state index contributed by atoms with van der Waals surface area (Å²) in [5.41, 5.74) is 3.80. The molecule has 1 aromatic rings. The molecule has 1 saturated carbocycles. The molecule has 5 heteroatoms. The second-order valence-electron chi connectivity index (χ2n) is 5.89. The van der Waals surface area contributed by atoms with Gasteiger partial charge in [0, 0.05) is 10.9 Å². The largest absolute Gasteiger partial charge is 0.443 e. The van der Waals surface area contributed by atoms with Gasteiger partial charge >= 0.3 is 6.09 Å². The van der Waals surface area contributed by atoms with E-state index in [2.05, 4.69) is 10.5 Å². The standard InChI is InChI=1S/C15H19ClN2O2/c1-15(2,3)20-14(19)18-17-13(10-4-5-10)11-6-8-12(16)9-7-11/h6-10H,4-5H2,1-3H3,(H,18,19). The summed E-state index contributed by atoms with van der Waals surface area (Å²) < 4.78 is 5.17. The number of hydrogen-bond donors (Lipinski definition) is 1. The first-order chi connectivity index (χ1) is 9.35. The molecule has 0 spiro atoms. The van der Waals surface area contributed by atoms with Crippen LogP contribution in [0.25, 0.3) is 0 Å². The second kappa shape index (κ2) is 5.83. The molecule has 1 fully saturated rings. The summed E-state index contributed by atoms with van der Waals surface area (Å²) in [6.07, 6.45) is 1.65. The molecule has 0 unspecified atom stereocenters. The molecule has 1 amide bonds. The maximum atomic E-state index is 11.6. The number of rotatable bonds is 3. The van der Waals surface area contributed by atoms with Gasteiger partial charge in [-0.2, -0.15) is 5.10 Å². The fraction of sp³-hybridized carbons (Fsp3) is 0.467. The van der Waals surface area contributed by atoms with Crippen LogP contribution in [0, 0.1) is 5.92 Å². The van der Waals surface area contributed by atoms with Gasteiger partial charge in [-0.25, -0.2) is 10.2 Å². The number of carbonyl (C=O) groups excluding carboxylic acids is 1. The Hall–Kier alpha value is -1.55. The fourth-order valence-corrected chi connectivity index (χ4v) is 1.90. The number of benzene rings is 1. The molecule has 1 aliphatic rings. The highest BCUT2D eigenvalue weighted by molar-refractivity contribution is 6.30. The highest BCUT2D eigenvalue weighted by Gasteiger charge is 2.29. The lowest BCUT2D eigenvalue weighted by molar-refractivity contribution is 0.0529. The van der Waals surface area contributed by atoms with E-state index in [4.69, 9.17) is 16.3 Å². The van der Waals surface area contributed by atoms with Gasteiger partial charge < -0.3 is 4.74 Å². The molecule has 0 bridgehead atoms. The van der Waals surface area contributed by atoms with Crippen molar-refractivity contribution < 1.29 is 9.53 Å². The number of halogens is 1. The summed E-state index contributed by atoms with van der Waals surface area (Å²) in [6, 6.07) is 7.47. The van der Waals surface area contributed by atoms with Crippen LogP contribution in [0.2, 0.25) is 5.02 Å². The van der Waals surface area contributed by atoms with Crippen LogP contribution in [0.3, 0.4) is 0 Å². The van der Waals surface area contributed by atoms with Gasteiger partial charge in [0.05, 0.1) is 5.71 Å². The first kappa shape index (κ1) is 14.9. The molecule has 1 aliphatic carbocycles. The van der Waals surface area contributed by atoms with Crippen molar-refractivity contribution >= 4 is 23.4 Å². The molecule has 0 aromatic heterocycles. The van der Waals surface area contributed by atoms with Crippen molar-refractivity contribution in [3.05, 3.63) is 34.9 Å². The van der Waals surface area contributed by atoms with Gasteiger partial charge in [0.1, 0.15) is 5.60 Å². The Morgan fingerprint density at radius 2 is 1.90 bits per heavy atom. The summed E-state index contributed by atoms with van der Waals surface area (Å²) >= 11 is 5.88. The average Bonchev–Trinajstić information content (AvgIpc) is 3.13. The summed E-state index contributed by atoms with van der Waals surface area (Å²) in [4.78, 5) is 11.6. The van der Waals surface area contributed by atoms with Crippen molar-refractivity contribution in [2.45, 2.75) is 39.2 Å². The lowest BCUT2D eigenvalue weighted by Crippen LogP contribution is -2.30. The third-order valence-corrected chi connectivity index (χ3v) is 3.02. The Balaban J connectivity index is 2.07. The fourth-order valence-electron chi connectivity index (χ4n) is 1.78. The van der Waals surface area contributed by atoms with Crippen LogP contribution in [-0.2, 0) is 4.74 Å². The van der Waals surface area contributed by atoms with E-state index in [0.29, 0.717) is 10.9 Å². The maximum absolute atomic E-state index is 11.6. The van der Waals surface area contributed by atoms with Gasteiger partial charge in [-0.05, 0) is 51.3 Å². The minimum absolute atomic E-state index is 0.408. The van der Waals surface area contributed by atoms with Crippen LogP contribution in [0.1, 0.15) is 39.2 Å². The van der Waals surface area contributed by atoms with E-state index in [-0.39, 0.29) is 0 Å². The lowest BCUT2D eigenvalue weighted by atomic mass is 10.1. The number of carbonyl (C=O) groups is 1. The normalized spacial score (nSPS) is 15.9. The number of hydrazone groups is 1. The van der Waals surface area contributed by atoms with Gasteiger partial charge in [0.25, 0.3) is 0 Å².